The number of carbonyl (C=O) groups excluding carboxylic acids is 2. The van der Waals surface area contributed by atoms with Crippen LogP contribution in [0.5, 0.6) is 0 Å². The van der Waals surface area contributed by atoms with E-state index in [1.54, 1.807) is 31.2 Å². The van der Waals surface area contributed by atoms with E-state index in [0.29, 0.717) is 21.7 Å². The predicted octanol–water partition coefficient (Wildman–Crippen LogP) is 2.68. The number of imide groups is 1. The summed E-state index contributed by atoms with van der Waals surface area (Å²) in [5, 5.41) is 2.23. The van der Waals surface area contributed by atoms with Crippen molar-refractivity contribution in [3.8, 4) is 5.69 Å². The summed E-state index contributed by atoms with van der Waals surface area (Å²) in [5.74, 6) is -0.549. The summed E-state index contributed by atoms with van der Waals surface area (Å²) in [6.45, 7) is 5.48. The number of rotatable bonds is 4. The highest BCUT2D eigenvalue weighted by Crippen LogP contribution is 2.26. The van der Waals surface area contributed by atoms with Crippen molar-refractivity contribution in [2.45, 2.75) is 31.2 Å². The maximum atomic E-state index is 13.3. The molecular weight excluding hydrogens is 376 g/mol. The Morgan fingerprint density at radius 3 is 2.61 bits per heavy atom. The first-order valence-corrected chi connectivity index (χ1v) is 9.52. The molecule has 0 unspecified atom stereocenters. The molecule has 0 saturated heterocycles. The smallest absolute Gasteiger partial charge is 0.318 e. The number of nitrogens with two attached hydrogens (primary N) is 1. The number of fused-ring (bicyclic) bond motifs is 1. The van der Waals surface area contributed by atoms with Gasteiger partial charge < -0.3 is 5.73 Å². The van der Waals surface area contributed by atoms with Crippen molar-refractivity contribution in [2.24, 2.45) is 5.73 Å². The van der Waals surface area contributed by atoms with E-state index in [1.165, 1.54) is 4.57 Å². The monoisotopic (exact) mass is 396 g/mol. The Morgan fingerprint density at radius 1 is 1.18 bits per heavy atom. The van der Waals surface area contributed by atoms with Crippen LogP contribution in [0.1, 0.15) is 18.1 Å². The Balaban J connectivity index is 2.20. The molecule has 0 aliphatic rings. The van der Waals surface area contributed by atoms with E-state index in [1.807, 2.05) is 32.0 Å². The van der Waals surface area contributed by atoms with E-state index in [4.69, 9.17) is 5.73 Å². The van der Waals surface area contributed by atoms with Gasteiger partial charge in [-0.2, -0.15) is 0 Å². The lowest BCUT2D eigenvalue weighted by molar-refractivity contribution is -0.119. The molecule has 1 aromatic heterocycles. The van der Waals surface area contributed by atoms with E-state index >= 15 is 0 Å². The number of benzene rings is 2. The van der Waals surface area contributed by atoms with Gasteiger partial charge in [-0.05, 0) is 50.1 Å². The molecule has 3 aromatic rings. The first kappa shape index (κ1) is 19.6. The Kier molecular flexibility index (Phi) is 5.51. The molecule has 28 heavy (non-hydrogen) atoms. The molecule has 0 saturated carbocycles. The first-order chi connectivity index (χ1) is 13.3. The van der Waals surface area contributed by atoms with Crippen molar-refractivity contribution in [1.82, 2.24) is 14.9 Å². The summed E-state index contributed by atoms with van der Waals surface area (Å²) in [4.78, 5) is 41.0. The second kappa shape index (κ2) is 7.85. The zero-order chi connectivity index (χ0) is 20.4. The van der Waals surface area contributed by atoms with Crippen LogP contribution in [-0.4, -0.2) is 26.7 Å². The van der Waals surface area contributed by atoms with E-state index in [-0.39, 0.29) is 5.56 Å². The maximum absolute atomic E-state index is 13.3. The van der Waals surface area contributed by atoms with Gasteiger partial charge in [0.15, 0.2) is 5.16 Å². The molecule has 0 spiro atoms. The third kappa shape index (κ3) is 3.91. The molecule has 0 aliphatic heterocycles. The number of aromatic nitrogens is 2. The van der Waals surface area contributed by atoms with E-state index in [2.05, 4.69) is 10.3 Å². The minimum absolute atomic E-state index is 0.218. The summed E-state index contributed by atoms with van der Waals surface area (Å²) in [5.41, 5.74) is 7.95. The van der Waals surface area contributed by atoms with Gasteiger partial charge in [0.25, 0.3) is 5.56 Å². The molecule has 8 heteroatoms. The summed E-state index contributed by atoms with van der Waals surface area (Å²) in [7, 11) is 0. The fourth-order valence-electron chi connectivity index (χ4n) is 2.80. The number of carbonyl (C=O) groups is 2. The van der Waals surface area contributed by atoms with Crippen molar-refractivity contribution < 1.29 is 9.59 Å². The van der Waals surface area contributed by atoms with Crippen LogP contribution in [0.2, 0.25) is 0 Å². The molecule has 1 heterocycles. The zero-order valence-corrected chi connectivity index (χ0v) is 16.5. The van der Waals surface area contributed by atoms with E-state index in [0.717, 1.165) is 22.9 Å². The minimum Gasteiger partial charge on any atom is -0.351 e. The highest BCUT2D eigenvalue weighted by molar-refractivity contribution is 8.00. The van der Waals surface area contributed by atoms with Gasteiger partial charge in [0, 0.05) is 0 Å². The third-order valence-corrected chi connectivity index (χ3v) is 5.30. The molecule has 1 atom stereocenters. The lowest BCUT2D eigenvalue weighted by Gasteiger charge is -2.17. The highest BCUT2D eigenvalue weighted by atomic mass is 32.2. The number of primary amides is 1. The molecule has 0 radical (unpaired) electrons. The van der Waals surface area contributed by atoms with Gasteiger partial charge in [-0.25, -0.2) is 9.78 Å². The van der Waals surface area contributed by atoms with Crippen LogP contribution in [-0.2, 0) is 4.79 Å². The predicted molar refractivity (Wildman–Crippen MR) is 110 cm³/mol. The molecule has 0 aliphatic carbocycles. The molecule has 3 N–H and O–H groups in total. The summed E-state index contributed by atoms with van der Waals surface area (Å²) in [6, 6.07) is 12.0. The average molecular weight is 396 g/mol. The number of hydrogen-bond donors (Lipinski definition) is 2. The Hall–Kier alpha value is -3.13. The number of hydrogen-bond acceptors (Lipinski definition) is 5. The van der Waals surface area contributed by atoms with Gasteiger partial charge in [0.05, 0.1) is 21.8 Å². The van der Waals surface area contributed by atoms with Gasteiger partial charge in [0.2, 0.25) is 5.91 Å². The van der Waals surface area contributed by atoms with Gasteiger partial charge >= 0.3 is 6.03 Å². The second-order valence-electron chi connectivity index (χ2n) is 6.46. The molecule has 0 fully saturated rings. The van der Waals surface area contributed by atoms with Crippen LogP contribution in [0.4, 0.5) is 4.79 Å². The van der Waals surface area contributed by atoms with Crippen molar-refractivity contribution in [1.29, 1.82) is 0 Å². The second-order valence-corrected chi connectivity index (χ2v) is 7.76. The van der Waals surface area contributed by atoms with Crippen LogP contribution in [0.15, 0.2) is 52.4 Å². The van der Waals surface area contributed by atoms with Gasteiger partial charge in [0.1, 0.15) is 0 Å². The summed E-state index contributed by atoms with van der Waals surface area (Å²) >= 11 is 1.09. The van der Waals surface area contributed by atoms with Gasteiger partial charge in [-0.15, -0.1) is 0 Å². The summed E-state index contributed by atoms with van der Waals surface area (Å²) < 4.78 is 1.52. The topological polar surface area (TPSA) is 107 Å². The average Bonchev–Trinajstić information content (AvgIpc) is 2.64. The van der Waals surface area contributed by atoms with Crippen molar-refractivity contribution >= 4 is 34.6 Å². The van der Waals surface area contributed by atoms with Crippen molar-refractivity contribution in [2.75, 3.05) is 0 Å². The van der Waals surface area contributed by atoms with Crippen LogP contribution in [0.3, 0.4) is 0 Å². The number of nitrogens with zero attached hydrogens (tertiary/aromatic N) is 2. The number of thioether (sulfide) groups is 1. The van der Waals surface area contributed by atoms with Crippen LogP contribution in [0.25, 0.3) is 16.6 Å². The lowest BCUT2D eigenvalue weighted by atomic mass is 10.1. The largest absolute Gasteiger partial charge is 0.351 e. The quantitative estimate of drug-likeness (QED) is 0.521. The maximum Gasteiger partial charge on any atom is 0.318 e. The SMILES string of the molecule is Cc1ccc(C)c(-n2c(S[C@@H](C)C(=O)NC(N)=O)nc3ccccc3c2=O)c1. The van der Waals surface area contributed by atoms with E-state index in [9.17, 15) is 14.4 Å². The number of urea groups is 1. The number of para-hydroxylation sites is 1. The highest BCUT2D eigenvalue weighted by Gasteiger charge is 2.21. The van der Waals surface area contributed by atoms with Crippen LogP contribution >= 0.6 is 11.8 Å². The standard InChI is InChI=1S/C20H20N4O3S/c1-11-8-9-12(2)16(10-11)24-18(26)14-6-4-5-7-15(14)22-20(24)28-13(3)17(25)23-19(21)27/h4-10,13H,1-3H3,(H3,21,23,25,27)/t13-/m0/s1. The Bertz CT molecular complexity index is 1140. The fourth-order valence-corrected chi connectivity index (χ4v) is 3.72. The van der Waals surface area contributed by atoms with E-state index < -0.39 is 17.2 Å². The minimum atomic E-state index is -0.921. The first-order valence-electron chi connectivity index (χ1n) is 8.64. The fraction of sp³-hybridized carbons (Fsp3) is 0.200. The number of nitrogens with one attached hydrogen (secondary N) is 1. The zero-order valence-electron chi connectivity index (χ0n) is 15.7. The molecule has 3 amide bonds. The number of aryl methyl sites for hydroxylation is 2. The third-order valence-electron chi connectivity index (χ3n) is 4.25. The molecule has 3 rings (SSSR count). The van der Waals surface area contributed by atoms with Crippen molar-refractivity contribution in [3.63, 3.8) is 0 Å². The Labute approximate surface area is 166 Å². The Morgan fingerprint density at radius 2 is 1.89 bits per heavy atom. The van der Waals surface area contributed by atoms with Gasteiger partial charge in [-0.3, -0.25) is 19.5 Å². The van der Waals surface area contributed by atoms with Crippen LogP contribution < -0.4 is 16.6 Å². The molecule has 0 bridgehead atoms. The van der Waals surface area contributed by atoms with Gasteiger partial charge in [-0.1, -0.05) is 36.0 Å². The summed E-state index contributed by atoms with van der Waals surface area (Å²) in [6.07, 6.45) is 0. The molecule has 7 nitrogen and oxygen atoms in total. The molecule has 2 aromatic carbocycles. The van der Waals surface area contributed by atoms with Crippen molar-refractivity contribution in [3.05, 3.63) is 63.9 Å². The molecule has 144 valence electrons. The lowest BCUT2D eigenvalue weighted by Crippen LogP contribution is -2.39. The van der Waals surface area contributed by atoms with Crippen LogP contribution in [0, 0.1) is 13.8 Å². The normalized spacial score (nSPS) is 12.0. The number of amides is 3. The molecular formula is C20H20N4O3S.